The van der Waals surface area contributed by atoms with Crippen LogP contribution in [0.15, 0.2) is 40.4 Å². The van der Waals surface area contributed by atoms with Crippen LogP contribution in [-0.4, -0.2) is 18.5 Å². The molecule has 0 spiro atoms. The van der Waals surface area contributed by atoms with Crippen LogP contribution in [0.25, 0.3) is 0 Å². The molecule has 2 rings (SSSR count). The predicted octanol–water partition coefficient (Wildman–Crippen LogP) is 2.93. The SMILES string of the molecule is N/C(=C\C=Nc1ccc(F)cc1)SNC(C=O)CC1CC1. The van der Waals surface area contributed by atoms with Gasteiger partial charge >= 0.3 is 0 Å². The van der Waals surface area contributed by atoms with E-state index in [1.165, 1.54) is 36.9 Å². The van der Waals surface area contributed by atoms with Crippen molar-refractivity contribution in [2.24, 2.45) is 16.6 Å². The fourth-order valence-electron chi connectivity index (χ4n) is 1.75. The number of nitrogens with two attached hydrogens (primary N) is 1. The molecule has 0 radical (unpaired) electrons. The lowest BCUT2D eigenvalue weighted by atomic mass is 10.2. The highest BCUT2D eigenvalue weighted by atomic mass is 32.2. The van der Waals surface area contributed by atoms with Crippen LogP contribution in [-0.2, 0) is 4.79 Å². The van der Waals surface area contributed by atoms with Crippen molar-refractivity contribution in [3.63, 3.8) is 0 Å². The molecule has 1 atom stereocenters. The Bertz CT molecular complexity index is 526. The number of benzene rings is 1. The van der Waals surface area contributed by atoms with Crippen molar-refractivity contribution in [2.45, 2.75) is 25.3 Å². The van der Waals surface area contributed by atoms with Crippen molar-refractivity contribution in [3.05, 3.63) is 41.2 Å². The Balaban J connectivity index is 1.77. The fraction of sp³-hybridized carbons (Fsp3) is 0.333. The zero-order valence-corrected chi connectivity index (χ0v) is 12.4. The van der Waals surface area contributed by atoms with Crippen molar-refractivity contribution < 1.29 is 9.18 Å². The molecule has 1 aromatic carbocycles. The summed E-state index contributed by atoms with van der Waals surface area (Å²) in [5, 5.41) is 0.517. The van der Waals surface area contributed by atoms with Gasteiger partial charge in [-0.15, -0.1) is 0 Å². The van der Waals surface area contributed by atoms with E-state index in [1.807, 2.05) is 0 Å². The van der Waals surface area contributed by atoms with Gasteiger partial charge in [0.2, 0.25) is 0 Å². The number of carbonyl (C=O) groups is 1. The smallest absolute Gasteiger partial charge is 0.137 e. The summed E-state index contributed by atoms with van der Waals surface area (Å²) >= 11 is 1.22. The van der Waals surface area contributed by atoms with Crippen molar-refractivity contribution in [3.8, 4) is 0 Å². The summed E-state index contributed by atoms with van der Waals surface area (Å²) in [6, 6.07) is 5.70. The second kappa shape index (κ2) is 7.95. The zero-order chi connectivity index (χ0) is 15.1. The molecule has 1 aliphatic rings. The Labute approximate surface area is 127 Å². The Morgan fingerprint density at radius 1 is 1.48 bits per heavy atom. The van der Waals surface area contributed by atoms with Crippen molar-refractivity contribution in [2.75, 3.05) is 0 Å². The molecule has 0 aliphatic heterocycles. The summed E-state index contributed by atoms with van der Waals surface area (Å²) < 4.78 is 15.8. The van der Waals surface area contributed by atoms with Gasteiger partial charge in [0.05, 0.1) is 16.8 Å². The number of allylic oxidation sites excluding steroid dienone is 1. The first kappa shape index (κ1) is 15.7. The summed E-state index contributed by atoms with van der Waals surface area (Å²) in [5.41, 5.74) is 6.46. The van der Waals surface area contributed by atoms with Crippen LogP contribution in [0.5, 0.6) is 0 Å². The molecular formula is C15H18FN3OS. The standard InChI is InChI=1S/C15H18FN3OS/c16-12-3-5-13(6-4-12)18-8-7-15(17)21-19-14(10-20)9-11-1-2-11/h3-8,10-11,14,19H,1-2,9,17H2/b15-7+,18-8?. The van der Waals surface area contributed by atoms with E-state index in [0.29, 0.717) is 16.6 Å². The third-order valence-electron chi connectivity index (χ3n) is 3.07. The normalized spacial score (nSPS) is 17.1. The maximum absolute atomic E-state index is 12.7. The first-order chi connectivity index (χ1) is 10.2. The van der Waals surface area contributed by atoms with Crippen LogP contribution in [0.1, 0.15) is 19.3 Å². The molecule has 3 N–H and O–H groups in total. The second-order valence-corrected chi connectivity index (χ2v) is 5.88. The van der Waals surface area contributed by atoms with Gasteiger partial charge in [-0.25, -0.2) is 9.11 Å². The highest BCUT2D eigenvalue weighted by Gasteiger charge is 2.25. The molecular weight excluding hydrogens is 289 g/mol. The molecule has 4 nitrogen and oxygen atoms in total. The summed E-state index contributed by atoms with van der Waals surface area (Å²) in [7, 11) is 0. The number of halogens is 1. The Morgan fingerprint density at radius 2 is 2.19 bits per heavy atom. The molecule has 0 saturated heterocycles. The number of hydrogen-bond donors (Lipinski definition) is 2. The topological polar surface area (TPSA) is 67.5 Å². The van der Waals surface area contributed by atoms with E-state index in [-0.39, 0.29) is 11.9 Å². The lowest BCUT2D eigenvalue weighted by Crippen LogP contribution is -2.26. The number of hydrogen-bond acceptors (Lipinski definition) is 5. The van der Waals surface area contributed by atoms with E-state index in [9.17, 15) is 9.18 Å². The van der Waals surface area contributed by atoms with E-state index in [4.69, 9.17) is 5.73 Å². The van der Waals surface area contributed by atoms with Crippen LogP contribution in [0.4, 0.5) is 10.1 Å². The largest absolute Gasteiger partial charge is 0.392 e. The Kier molecular flexibility index (Phi) is 5.95. The van der Waals surface area contributed by atoms with Crippen LogP contribution in [0.3, 0.4) is 0 Å². The van der Waals surface area contributed by atoms with Gasteiger partial charge in [0.25, 0.3) is 0 Å². The van der Waals surface area contributed by atoms with Gasteiger partial charge in [-0.3, -0.25) is 4.99 Å². The summed E-state index contributed by atoms with van der Waals surface area (Å²) in [6.45, 7) is 0. The molecule has 1 unspecified atom stereocenters. The van der Waals surface area contributed by atoms with E-state index >= 15 is 0 Å². The maximum Gasteiger partial charge on any atom is 0.137 e. The zero-order valence-electron chi connectivity index (χ0n) is 11.5. The van der Waals surface area contributed by atoms with Crippen LogP contribution < -0.4 is 10.5 Å². The molecule has 0 amide bonds. The molecule has 1 fully saturated rings. The van der Waals surface area contributed by atoms with Crippen LogP contribution >= 0.6 is 11.9 Å². The maximum atomic E-state index is 12.7. The average molecular weight is 307 g/mol. The Morgan fingerprint density at radius 3 is 2.81 bits per heavy atom. The fourth-order valence-corrected chi connectivity index (χ4v) is 2.31. The Hall–Kier alpha value is -1.66. The highest BCUT2D eigenvalue weighted by molar-refractivity contribution is 8.01. The first-order valence-corrected chi connectivity index (χ1v) is 7.62. The molecule has 1 aliphatic carbocycles. The number of nitrogens with zero attached hydrogens (tertiary/aromatic N) is 1. The number of aldehydes is 1. The number of rotatable bonds is 8. The van der Waals surface area contributed by atoms with Gasteiger partial charge < -0.3 is 10.5 Å². The van der Waals surface area contributed by atoms with Crippen LogP contribution in [0, 0.1) is 11.7 Å². The molecule has 21 heavy (non-hydrogen) atoms. The molecule has 1 saturated carbocycles. The first-order valence-electron chi connectivity index (χ1n) is 6.80. The third kappa shape index (κ3) is 6.10. The van der Waals surface area contributed by atoms with Crippen molar-refractivity contribution >= 4 is 30.1 Å². The second-order valence-electron chi connectivity index (χ2n) is 4.97. The van der Waals surface area contributed by atoms with Crippen molar-refractivity contribution in [1.82, 2.24) is 4.72 Å². The minimum Gasteiger partial charge on any atom is -0.392 e. The van der Waals surface area contributed by atoms with Gasteiger partial charge in [-0.05, 0) is 54.6 Å². The summed E-state index contributed by atoms with van der Waals surface area (Å²) in [5.74, 6) is 0.387. The summed E-state index contributed by atoms with van der Waals surface area (Å²) in [6.07, 6.45) is 7.41. The van der Waals surface area contributed by atoms with Gasteiger partial charge in [-0.2, -0.15) is 0 Å². The van der Waals surface area contributed by atoms with Gasteiger partial charge in [-0.1, -0.05) is 12.8 Å². The van der Waals surface area contributed by atoms with E-state index in [2.05, 4.69) is 9.71 Å². The number of aliphatic imine (C=N–C) groups is 1. The van der Waals surface area contributed by atoms with Gasteiger partial charge in [0.1, 0.15) is 12.1 Å². The van der Waals surface area contributed by atoms with Gasteiger partial charge in [0, 0.05) is 6.21 Å². The minimum atomic E-state index is -0.292. The molecule has 0 bridgehead atoms. The third-order valence-corrected chi connectivity index (χ3v) is 3.86. The van der Waals surface area contributed by atoms with Crippen LogP contribution in [0.2, 0.25) is 0 Å². The highest BCUT2D eigenvalue weighted by Crippen LogP contribution is 2.33. The monoisotopic (exact) mass is 307 g/mol. The molecule has 112 valence electrons. The molecule has 0 aromatic heterocycles. The number of carbonyl (C=O) groups excluding carboxylic acids is 1. The van der Waals surface area contributed by atoms with Gasteiger partial charge in [0.15, 0.2) is 0 Å². The molecule has 1 aromatic rings. The van der Waals surface area contributed by atoms with E-state index in [0.717, 1.165) is 12.7 Å². The van der Waals surface area contributed by atoms with E-state index in [1.54, 1.807) is 24.4 Å². The molecule has 6 heteroatoms. The number of nitrogens with one attached hydrogen (secondary N) is 1. The quantitative estimate of drug-likeness (QED) is 0.440. The lowest BCUT2D eigenvalue weighted by molar-refractivity contribution is -0.109. The average Bonchev–Trinajstić information content (AvgIpc) is 3.29. The molecule has 0 heterocycles. The summed E-state index contributed by atoms with van der Waals surface area (Å²) in [4.78, 5) is 15.0. The van der Waals surface area contributed by atoms with Crippen molar-refractivity contribution in [1.29, 1.82) is 0 Å². The van der Waals surface area contributed by atoms with E-state index < -0.39 is 0 Å². The predicted molar refractivity (Wildman–Crippen MR) is 84.7 cm³/mol. The minimum absolute atomic E-state index is 0.163. The lowest BCUT2D eigenvalue weighted by Gasteiger charge is -2.10.